The number of carbonyl (C=O) groups excluding carboxylic acids is 4. The average molecular weight is 806 g/mol. The number of piperidine rings is 2. The molecule has 1 unspecified atom stereocenters. The van der Waals surface area contributed by atoms with Gasteiger partial charge in [-0.25, -0.2) is 0 Å². The van der Waals surface area contributed by atoms with Crippen molar-refractivity contribution in [1.29, 1.82) is 5.26 Å². The van der Waals surface area contributed by atoms with Gasteiger partial charge in [0, 0.05) is 66.5 Å². The van der Waals surface area contributed by atoms with Crippen molar-refractivity contribution in [3.63, 3.8) is 0 Å². The first-order chi connectivity index (χ1) is 28.1. The van der Waals surface area contributed by atoms with E-state index in [1.165, 1.54) is 7.11 Å². The zero-order chi connectivity index (χ0) is 42.2. The fourth-order valence-electron chi connectivity index (χ4n) is 9.58. The number of nitriles is 1. The van der Waals surface area contributed by atoms with Crippen LogP contribution < -0.4 is 35.1 Å². The Bertz CT molecular complexity index is 2110. The number of aryl methyl sites for hydroxylation is 2. The van der Waals surface area contributed by atoms with Gasteiger partial charge in [-0.05, 0) is 92.8 Å². The van der Waals surface area contributed by atoms with Crippen molar-refractivity contribution in [2.75, 3.05) is 25.1 Å². The van der Waals surface area contributed by atoms with E-state index in [2.05, 4.69) is 54.6 Å². The lowest BCUT2D eigenvalue weighted by molar-refractivity contribution is -0.164. The highest BCUT2D eigenvalue weighted by Gasteiger charge is 2.64. The second-order valence-electron chi connectivity index (χ2n) is 17.6. The minimum atomic E-state index is -0.779. The minimum Gasteiger partial charge on any atom is -0.496 e. The Kier molecular flexibility index (Phi) is 11.7. The Labute approximate surface area is 346 Å². The van der Waals surface area contributed by atoms with E-state index in [1.807, 2.05) is 50.2 Å². The van der Waals surface area contributed by atoms with Crippen molar-refractivity contribution in [2.45, 2.75) is 117 Å². The summed E-state index contributed by atoms with van der Waals surface area (Å²) in [5, 5.41) is 17.7. The second-order valence-corrected chi connectivity index (χ2v) is 17.6. The number of nitrogens with one attached hydrogen (secondary N) is 3. The van der Waals surface area contributed by atoms with E-state index >= 15 is 0 Å². The van der Waals surface area contributed by atoms with Gasteiger partial charge in [-0.15, -0.1) is 0 Å². The van der Waals surface area contributed by atoms with E-state index in [0.29, 0.717) is 22.6 Å². The van der Waals surface area contributed by atoms with Gasteiger partial charge in [0.2, 0.25) is 11.8 Å². The summed E-state index contributed by atoms with van der Waals surface area (Å²) in [6.45, 7) is 14.1. The third-order valence-electron chi connectivity index (χ3n) is 12.6. The van der Waals surface area contributed by atoms with Crippen LogP contribution >= 0.6 is 0 Å². The van der Waals surface area contributed by atoms with Crippen LogP contribution in [0, 0.1) is 36.0 Å². The Morgan fingerprint density at radius 3 is 2.08 bits per heavy atom. The maximum absolute atomic E-state index is 13.5. The molecule has 59 heavy (non-hydrogen) atoms. The Morgan fingerprint density at radius 2 is 1.47 bits per heavy atom. The average Bonchev–Trinajstić information content (AvgIpc) is 3.19. The molecule has 13 nitrogen and oxygen atoms in total. The van der Waals surface area contributed by atoms with E-state index < -0.39 is 17.9 Å². The maximum atomic E-state index is 13.5. The number of methoxy groups -OCH3 is 1. The van der Waals surface area contributed by atoms with Crippen LogP contribution in [-0.2, 0) is 14.3 Å². The molecule has 4 fully saturated rings. The number of hydrogen-bond acceptors (Lipinski definition) is 10. The number of imide groups is 1. The molecule has 2 aliphatic carbocycles. The van der Waals surface area contributed by atoms with Crippen LogP contribution in [-0.4, -0.2) is 80.3 Å². The number of amides is 4. The molecule has 312 valence electrons. The second kappa shape index (κ2) is 16.6. The largest absolute Gasteiger partial charge is 0.496 e. The molecule has 0 aromatic heterocycles. The van der Waals surface area contributed by atoms with Gasteiger partial charge in [-0.1, -0.05) is 27.7 Å². The van der Waals surface area contributed by atoms with Crippen LogP contribution in [0.2, 0.25) is 0 Å². The molecule has 3 N–H and O–H groups in total. The molecule has 1 atom stereocenters. The summed E-state index contributed by atoms with van der Waals surface area (Å²) in [5.74, 6) is 0.233. The summed E-state index contributed by atoms with van der Waals surface area (Å²) in [6.07, 6.45) is 3.90. The summed E-state index contributed by atoms with van der Waals surface area (Å²) >= 11 is 0. The van der Waals surface area contributed by atoms with E-state index in [0.717, 1.165) is 61.3 Å². The topological polar surface area (TPSA) is 168 Å². The summed E-state index contributed by atoms with van der Waals surface area (Å²) in [4.78, 5) is 52.3. The van der Waals surface area contributed by atoms with Crippen molar-refractivity contribution < 1.29 is 38.1 Å². The zero-order valence-electron chi connectivity index (χ0n) is 35.0. The van der Waals surface area contributed by atoms with Crippen molar-refractivity contribution in [3.8, 4) is 23.3 Å². The number of ether oxygens (including phenoxy) is 4. The summed E-state index contributed by atoms with van der Waals surface area (Å²) in [6, 6.07) is 18.1. The zero-order valence-corrected chi connectivity index (χ0v) is 35.0. The number of anilines is 1. The number of hydrogen-bond donors (Lipinski definition) is 3. The van der Waals surface area contributed by atoms with Crippen LogP contribution in [0.15, 0.2) is 54.6 Å². The van der Waals surface area contributed by atoms with Crippen LogP contribution in [0.1, 0.15) is 104 Å². The van der Waals surface area contributed by atoms with Crippen molar-refractivity contribution in [1.82, 2.24) is 16.0 Å². The van der Waals surface area contributed by atoms with E-state index in [-0.39, 0.29) is 71.5 Å². The maximum Gasteiger partial charge on any atom is 0.255 e. The molecule has 3 aromatic carbocycles. The molecule has 2 saturated heterocycles. The highest BCUT2D eigenvalue weighted by molar-refractivity contribution is 6.04. The Morgan fingerprint density at radius 1 is 0.814 bits per heavy atom. The molecule has 7 rings (SSSR count). The number of rotatable bonds is 12. The first-order valence-corrected chi connectivity index (χ1v) is 20.6. The van der Waals surface area contributed by atoms with Gasteiger partial charge < -0.3 is 34.5 Å². The molecule has 4 amide bonds. The van der Waals surface area contributed by atoms with Crippen LogP contribution in [0.5, 0.6) is 17.2 Å². The van der Waals surface area contributed by atoms with Crippen LogP contribution in [0.25, 0.3) is 0 Å². The fourth-order valence-corrected chi connectivity index (χ4v) is 9.58. The van der Waals surface area contributed by atoms with Crippen molar-refractivity contribution in [2.24, 2.45) is 10.8 Å². The predicted octanol–water partition coefficient (Wildman–Crippen LogP) is 5.93. The van der Waals surface area contributed by atoms with Gasteiger partial charge in [-0.3, -0.25) is 24.5 Å². The van der Waals surface area contributed by atoms with Gasteiger partial charge in [0.1, 0.15) is 35.5 Å². The quantitative estimate of drug-likeness (QED) is 0.187. The van der Waals surface area contributed by atoms with Gasteiger partial charge in [0.05, 0.1) is 36.5 Å². The molecule has 2 heterocycles. The third-order valence-corrected chi connectivity index (χ3v) is 12.6. The van der Waals surface area contributed by atoms with Gasteiger partial charge >= 0.3 is 0 Å². The number of nitrogens with zero attached hydrogens (tertiary/aromatic N) is 2. The third kappa shape index (κ3) is 8.60. The van der Waals surface area contributed by atoms with E-state index in [4.69, 9.17) is 18.9 Å². The lowest BCUT2D eigenvalue weighted by Gasteiger charge is -2.63. The molecule has 2 aliphatic heterocycles. The van der Waals surface area contributed by atoms with Crippen molar-refractivity contribution >= 4 is 29.3 Å². The number of carbonyl (C=O) groups is 4. The first-order valence-electron chi connectivity index (χ1n) is 20.6. The lowest BCUT2D eigenvalue weighted by atomic mass is 9.49. The number of benzene rings is 3. The monoisotopic (exact) mass is 805 g/mol. The Hall–Kier alpha value is -5.61. The molecule has 13 heteroatoms. The molecule has 2 saturated carbocycles. The molecular weight excluding hydrogens is 751 g/mol. The predicted molar refractivity (Wildman–Crippen MR) is 221 cm³/mol. The Balaban J connectivity index is 0.838. The highest BCUT2D eigenvalue weighted by Crippen LogP contribution is 2.55. The van der Waals surface area contributed by atoms with Gasteiger partial charge in [-0.2, -0.15) is 5.26 Å². The van der Waals surface area contributed by atoms with Gasteiger partial charge in [0.25, 0.3) is 11.8 Å². The highest BCUT2D eigenvalue weighted by atomic mass is 16.5. The fraction of sp³-hybridized carbons (Fsp3) is 0.500. The van der Waals surface area contributed by atoms with E-state index in [1.54, 1.807) is 18.2 Å². The van der Waals surface area contributed by atoms with Crippen LogP contribution in [0.3, 0.4) is 0 Å². The standard InChI is InChI=1S/C46H55N5O8/c1-26-20-32(21-27(2)36(26)25-47)59-44-45(3,4)43(46(44,5)6)50-40(53)28-8-10-29(11-9-28)51-18-16-30(17-19-51)57-33-22-34(23-33)58-31-12-13-35(38(24-31)56-7)41(54)48-37-14-15-39(52)49-42(37)55/h8-13,20-21,24,30,33-34,37,43-44H,14-19,22-23H2,1-7H3,(H,48,54)(H,50,53)(H,49,52,55). The molecule has 0 spiro atoms. The molecular formula is C46H55N5O8. The summed E-state index contributed by atoms with van der Waals surface area (Å²) in [5.41, 5.74) is 3.80. The molecule has 3 aromatic rings. The van der Waals surface area contributed by atoms with Crippen molar-refractivity contribution in [3.05, 3.63) is 82.4 Å². The summed E-state index contributed by atoms with van der Waals surface area (Å²) < 4.78 is 24.6. The smallest absolute Gasteiger partial charge is 0.255 e. The van der Waals surface area contributed by atoms with Gasteiger partial charge in [0.15, 0.2) is 0 Å². The SMILES string of the molecule is COc1cc(OC2CC(OC3CCN(c4ccc(C(=O)NC5C(C)(C)C(Oc6cc(C)c(C#N)c(C)c6)C5(C)C)cc4)CC3)C2)ccc1C(=O)NC1CCC(=O)NC1=O. The van der Waals surface area contributed by atoms with Crippen LogP contribution in [0.4, 0.5) is 5.69 Å². The normalized spacial score (nSPS) is 24.7. The summed E-state index contributed by atoms with van der Waals surface area (Å²) in [7, 11) is 1.47. The molecule has 4 aliphatic rings. The van der Waals surface area contributed by atoms with E-state index in [9.17, 15) is 24.4 Å². The minimum absolute atomic E-state index is 0.0117. The lowest BCUT2D eigenvalue weighted by Crippen LogP contribution is -2.74. The first kappa shape index (κ1) is 41.5. The molecule has 0 radical (unpaired) electrons. The molecule has 0 bridgehead atoms.